The molecule has 0 saturated carbocycles. The molecule has 0 nitrogen and oxygen atoms in total. The monoisotopic (exact) mass is 398 g/mol. The first-order valence-corrected chi connectivity index (χ1v) is 8.88. The summed E-state index contributed by atoms with van der Waals surface area (Å²) in [4.78, 5) is 0. The molecule has 0 aliphatic carbocycles. The summed E-state index contributed by atoms with van der Waals surface area (Å²) in [6.45, 7) is 4.34. The van der Waals surface area contributed by atoms with Crippen molar-refractivity contribution in [2.75, 3.05) is 0 Å². The predicted octanol–water partition coefficient (Wildman–Crippen LogP) is 6.26. The first kappa shape index (κ1) is 15.1. The molecule has 0 N–H and O–H groups in total. The van der Waals surface area contributed by atoms with Crippen molar-refractivity contribution < 1.29 is 0 Å². The highest BCUT2D eigenvalue weighted by Crippen LogP contribution is 2.25. The Morgan fingerprint density at radius 3 is 1.58 bits per heavy atom. The standard InChI is InChI=1S/C16H16Br2S/c1-11-7-15(17)5-3-13(11)9-19-10-14-4-6-16(18)8-12(14)2/h3-8H,9-10H2,1-2H3. The molecule has 0 spiro atoms. The van der Waals surface area contributed by atoms with Crippen LogP contribution < -0.4 is 0 Å². The highest BCUT2D eigenvalue weighted by atomic mass is 79.9. The number of hydrogen-bond donors (Lipinski definition) is 0. The second-order valence-corrected chi connectivity index (χ2v) is 7.45. The van der Waals surface area contributed by atoms with Gasteiger partial charge in [-0.2, -0.15) is 11.8 Å². The Balaban J connectivity index is 1.96. The van der Waals surface area contributed by atoms with E-state index in [0.29, 0.717) is 0 Å². The lowest BCUT2D eigenvalue weighted by Crippen LogP contribution is -1.90. The molecule has 2 aromatic rings. The van der Waals surface area contributed by atoms with E-state index in [2.05, 4.69) is 82.1 Å². The van der Waals surface area contributed by atoms with Crippen molar-refractivity contribution in [3.05, 3.63) is 67.6 Å². The minimum absolute atomic E-state index is 1.06. The molecule has 0 radical (unpaired) electrons. The molecule has 0 heterocycles. The fourth-order valence-electron chi connectivity index (χ4n) is 1.91. The van der Waals surface area contributed by atoms with Crippen LogP contribution in [-0.4, -0.2) is 0 Å². The molecule has 2 rings (SSSR count). The Labute approximate surface area is 136 Å². The first-order chi connectivity index (χ1) is 9.06. The van der Waals surface area contributed by atoms with E-state index < -0.39 is 0 Å². The van der Waals surface area contributed by atoms with Gasteiger partial charge in [-0.05, 0) is 60.4 Å². The maximum absolute atomic E-state index is 3.51. The van der Waals surface area contributed by atoms with Crippen LogP contribution >= 0.6 is 43.6 Å². The third-order valence-electron chi connectivity index (χ3n) is 3.12. The van der Waals surface area contributed by atoms with Crippen LogP contribution in [0.3, 0.4) is 0 Å². The van der Waals surface area contributed by atoms with E-state index >= 15 is 0 Å². The second-order valence-electron chi connectivity index (χ2n) is 4.63. The number of aryl methyl sites for hydroxylation is 2. The summed E-state index contributed by atoms with van der Waals surface area (Å²) in [6.07, 6.45) is 0. The number of halogens is 2. The van der Waals surface area contributed by atoms with Gasteiger partial charge in [0.2, 0.25) is 0 Å². The first-order valence-electron chi connectivity index (χ1n) is 6.14. The molecule has 0 aliphatic rings. The maximum Gasteiger partial charge on any atom is 0.0190 e. The summed E-state index contributed by atoms with van der Waals surface area (Å²) in [5.74, 6) is 2.13. The molecule has 0 fully saturated rings. The van der Waals surface area contributed by atoms with Crippen molar-refractivity contribution in [1.82, 2.24) is 0 Å². The number of rotatable bonds is 4. The van der Waals surface area contributed by atoms with Crippen LogP contribution in [0.25, 0.3) is 0 Å². The number of hydrogen-bond acceptors (Lipinski definition) is 1. The van der Waals surface area contributed by atoms with Crippen LogP contribution in [0.2, 0.25) is 0 Å². The second kappa shape index (κ2) is 6.96. The van der Waals surface area contributed by atoms with Crippen LogP contribution in [0.1, 0.15) is 22.3 Å². The van der Waals surface area contributed by atoms with Crippen molar-refractivity contribution in [2.45, 2.75) is 25.4 Å². The van der Waals surface area contributed by atoms with Gasteiger partial charge in [-0.15, -0.1) is 0 Å². The maximum atomic E-state index is 3.51. The van der Waals surface area contributed by atoms with Gasteiger partial charge in [0.15, 0.2) is 0 Å². The molecule has 2 aromatic carbocycles. The third kappa shape index (κ3) is 4.37. The normalized spacial score (nSPS) is 10.7. The summed E-state index contributed by atoms with van der Waals surface area (Å²) in [5, 5.41) is 0. The van der Waals surface area contributed by atoms with Crippen molar-refractivity contribution in [3.63, 3.8) is 0 Å². The lowest BCUT2D eigenvalue weighted by atomic mass is 10.1. The van der Waals surface area contributed by atoms with Crippen LogP contribution in [0.4, 0.5) is 0 Å². The molecule has 0 aliphatic heterocycles. The zero-order valence-corrected chi connectivity index (χ0v) is 15.0. The smallest absolute Gasteiger partial charge is 0.0190 e. The van der Waals surface area contributed by atoms with Gasteiger partial charge in [0.25, 0.3) is 0 Å². The summed E-state index contributed by atoms with van der Waals surface area (Å²) < 4.78 is 2.31. The van der Waals surface area contributed by atoms with Gasteiger partial charge in [0.1, 0.15) is 0 Å². The van der Waals surface area contributed by atoms with Gasteiger partial charge in [0.05, 0.1) is 0 Å². The van der Waals surface area contributed by atoms with E-state index in [-0.39, 0.29) is 0 Å². The lowest BCUT2D eigenvalue weighted by molar-refractivity contribution is 1.27. The summed E-state index contributed by atoms with van der Waals surface area (Å²) in [7, 11) is 0. The van der Waals surface area contributed by atoms with Gasteiger partial charge in [-0.1, -0.05) is 44.0 Å². The highest BCUT2D eigenvalue weighted by Gasteiger charge is 2.02. The van der Waals surface area contributed by atoms with Crippen molar-refractivity contribution in [1.29, 1.82) is 0 Å². The Bertz CT molecular complexity index is 527. The molecule has 0 unspecified atom stereocenters. The molecule has 0 aromatic heterocycles. The fraction of sp³-hybridized carbons (Fsp3) is 0.250. The van der Waals surface area contributed by atoms with Gasteiger partial charge >= 0.3 is 0 Å². The zero-order chi connectivity index (χ0) is 13.8. The van der Waals surface area contributed by atoms with Gasteiger partial charge in [0, 0.05) is 20.5 Å². The minimum Gasteiger partial charge on any atom is -0.152 e. The topological polar surface area (TPSA) is 0 Å². The van der Waals surface area contributed by atoms with E-state index in [0.717, 1.165) is 20.5 Å². The Morgan fingerprint density at radius 2 is 1.21 bits per heavy atom. The molecule has 3 heteroatoms. The molecule has 0 bridgehead atoms. The van der Waals surface area contributed by atoms with E-state index in [1.54, 1.807) is 0 Å². The largest absolute Gasteiger partial charge is 0.152 e. The quantitative estimate of drug-likeness (QED) is 0.584. The molecular weight excluding hydrogens is 384 g/mol. The Kier molecular flexibility index (Phi) is 5.55. The number of thioether (sulfide) groups is 1. The third-order valence-corrected chi connectivity index (χ3v) is 5.14. The molecule has 0 amide bonds. The number of benzene rings is 2. The molecule has 19 heavy (non-hydrogen) atoms. The molecule has 0 atom stereocenters. The molecule has 0 saturated heterocycles. The average molecular weight is 400 g/mol. The van der Waals surface area contributed by atoms with E-state index in [1.165, 1.54) is 22.3 Å². The fourth-order valence-corrected chi connectivity index (χ4v) is 4.05. The Hall–Kier alpha value is -0.250. The van der Waals surface area contributed by atoms with Crippen LogP contribution in [-0.2, 0) is 11.5 Å². The summed E-state index contributed by atoms with van der Waals surface area (Å²) in [5.41, 5.74) is 5.55. The van der Waals surface area contributed by atoms with Crippen molar-refractivity contribution in [2.24, 2.45) is 0 Å². The van der Waals surface area contributed by atoms with Crippen LogP contribution in [0.5, 0.6) is 0 Å². The summed E-state index contributed by atoms with van der Waals surface area (Å²) >= 11 is 8.98. The Morgan fingerprint density at radius 1 is 0.789 bits per heavy atom. The minimum atomic E-state index is 1.06. The highest BCUT2D eigenvalue weighted by molar-refractivity contribution is 9.10. The van der Waals surface area contributed by atoms with E-state index in [9.17, 15) is 0 Å². The SMILES string of the molecule is Cc1cc(Br)ccc1CSCc1ccc(Br)cc1C. The average Bonchev–Trinajstić information content (AvgIpc) is 2.34. The summed E-state index contributed by atoms with van der Waals surface area (Å²) in [6, 6.07) is 13.0. The van der Waals surface area contributed by atoms with E-state index in [4.69, 9.17) is 0 Å². The van der Waals surface area contributed by atoms with Crippen LogP contribution in [0, 0.1) is 13.8 Å². The predicted molar refractivity (Wildman–Crippen MR) is 92.8 cm³/mol. The van der Waals surface area contributed by atoms with Gasteiger partial charge < -0.3 is 0 Å². The zero-order valence-electron chi connectivity index (χ0n) is 11.0. The molecule has 100 valence electrons. The van der Waals surface area contributed by atoms with Gasteiger partial charge in [-0.25, -0.2) is 0 Å². The van der Waals surface area contributed by atoms with Crippen LogP contribution in [0.15, 0.2) is 45.3 Å². The van der Waals surface area contributed by atoms with Crippen molar-refractivity contribution in [3.8, 4) is 0 Å². The van der Waals surface area contributed by atoms with Crippen molar-refractivity contribution >= 4 is 43.6 Å². The van der Waals surface area contributed by atoms with Gasteiger partial charge in [-0.3, -0.25) is 0 Å². The van der Waals surface area contributed by atoms with E-state index in [1.807, 2.05) is 11.8 Å². The lowest BCUT2D eigenvalue weighted by Gasteiger charge is -2.08. The molecular formula is C16H16Br2S.